The van der Waals surface area contributed by atoms with Crippen LogP contribution < -0.4 is 4.90 Å². The number of sulfone groups is 1. The summed E-state index contributed by atoms with van der Waals surface area (Å²) in [5, 5.41) is 0. The second-order valence-electron chi connectivity index (χ2n) is 6.02. The zero-order valence-corrected chi connectivity index (χ0v) is 14.5. The summed E-state index contributed by atoms with van der Waals surface area (Å²) in [7, 11) is -2.96. The Bertz CT molecular complexity index is 686. The van der Waals surface area contributed by atoms with E-state index in [1.807, 2.05) is 11.8 Å². The van der Waals surface area contributed by atoms with Crippen LogP contribution in [-0.2, 0) is 14.6 Å². The molecule has 3 heterocycles. The number of anilines is 1. The Balaban J connectivity index is 1.72. The molecule has 0 radical (unpaired) electrons. The molecule has 2 aliphatic heterocycles. The molecule has 0 bridgehead atoms. The minimum atomic E-state index is -2.96. The summed E-state index contributed by atoms with van der Waals surface area (Å²) in [6.07, 6.45) is 3.63. The van der Waals surface area contributed by atoms with Gasteiger partial charge in [-0.1, -0.05) is 0 Å². The Labute approximate surface area is 141 Å². The Morgan fingerprint density at radius 3 is 2.54 bits per heavy atom. The number of hydrogen-bond acceptors (Lipinski definition) is 7. The van der Waals surface area contributed by atoms with Crippen molar-refractivity contribution in [3.8, 4) is 0 Å². The number of hydrogen-bond donors (Lipinski definition) is 0. The zero-order chi connectivity index (χ0) is 17.2. The van der Waals surface area contributed by atoms with Crippen LogP contribution in [0.1, 0.15) is 23.7 Å². The van der Waals surface area contributed by atoms with Crippen molar-refractivity contribution in [1.29, 1.82) is 0 Å². The van der Waals surface area contributed by atoms with Crippen LogP contribution in [0.4, 0.5) is 5.95 Å². The molecule has 1 aromatic heterocycles. The second kappa shape index (κ2) is 7.02. The van der Waals surface area contributed by atoms with Gasteiger partial charge in [-0.3, -0.25) is 4.79 Å². The molecule has 3 rings (SSSR count). The molecule has 132 valence electrons. The van der Waals surface area contributed by atoms with Crippen molar-refractivity contribution in [3.63, 3.8) is 0 Å². The summed E-state index contributed by atoms with van der Waals surface area (Å²) in [6, 6.07) is -0.0965. The van der Waals surface area contributed by atoms with Gasteiger partial charge >= 0.3 is 0 Å². The summed E-state index contributed by atoms with van der Waals surface area (Å²) in [5.41, 5.74) is 0.441. The standard InChI is InChI=1S/C15H22N4O4S/c1-2-19(13-3-8-24(21,22)11-13)15-16-9-12(10-17-15)14(20)18-4-6-23-7-5-18/h9-10,13H,2-8,11H2,1H3. The van der Waals surface area contributed by atoms with Crippen LogP contribution in [0, 0.1) is 0 Å². The van der Waals surface area contributed by atoms with Crippen molar-refractivity contribution in [2.75, 3.05) is 49.3 Å². The van der Waals surface area contributed by atoms with E-state index in [0.717, 1.165) is 0 Å². The van der Waals surface area contributed by atoms with Crippen LogP contribution in [-0.4, -0.2) is 79.6 Å². The minimum Gasteiger partial charge on any atom is -0.378 e. The molecule has 1 atom stereocenters. The lowest BCUT2D eigenvalue weighted by molar-refractivity contribution is 0.0302. The second-order valence-corrected chi connectivity index (χ2v) is 8.25. The molecule has 1 aromatic rings. The summed E-state index contributed by atoms with van der Waals surface area (Å²) < 4.78 is 28.6. The van der Waals surface area contributed by atoms with Gasteiger partial charge in [-0.15, -0.1) is 0 Å². The highest BCUT2D eigenvalue weighted by Gasteiger charge is 2.33. The van der Waals surface area contributed by atoms with Crippen molar-refractivity contribution >= 4 is 21.7 Å². The quantitative estimate of drug-likeness (QED) is 0.749. The molecule has 1 amide bonds. The number of carbonyl (C=O) groups is 1. The SMILES string of the molecule is CCN(c1ncc(C(=O)N2CCOCC2)cn1)C1CCS(=O)(=O)C1. The first-order valence-corrected chi connectivity index (χ1v) is 9.98. The Hall–Kier alpha value is -1.74. The average molecular weight is 354 g/mol. The number of carbonyl (C=O) groups excluding carboxylic acids is 1. The summed E-state index contributed by atoms with van der Waals surface area (Å²) in [6.45, 7) is 4.80. The van der Waals surface area contributed by atoms with E-state index >= 15 is 0 Å². The zero-order valence-electron chi connectivity index (χ0n) is 13.7. The van der Waals surface area contributed by atoms with Crippen molar-refractivity contribution in [2.45, 2.75) is 19.4 Å². The lowest BCUT2D eigenvalue weighted by Crippen LogP contribution is -2.41. The molecule has 2 aliphatic rings. The molecule has 24 heavy (non-hydrogen) atoms. The Morgan fingerprint density at radius 2 is 2.00 bits per heavy atom. The highest BCUT2D eigenvalue weighted by Crippen LogP contribution is 2.21. The number of morpholine rings is 1. The maximum atomic E-state index is 12.4. The molecule has 2 saturated heterocycles. The van der Waals surface area contributed by atoms with Gasteiger partial charge in [0.25, 0.3) is 5.91 Å². The van der Waals surface area contributed by atoms with E-state index in [-0.39, 0.29) is 23.5 Å². The van der Waals surface area contributed by atoms with Crippen molar-refractivity contribution in [1.82, 2.24) is 14.9 Å². The molecule has 0 saturated carbocycles. The molecular weight excluding hydrogens is 332 g/mol. The van der Waals surface area contributed by atoms with Gasteiger partial charge in [-0.05, 0) is 13.3 Å². The normalized spacial score (nSPS) is 23.2. The van der Waals surface area contributed by atoms with Crippen molar-refractivity contribution in [3.05, 3.63) is 18.0 Å². The van der Waals surface area contributed by atoms with E-state index in [2.05, 4.69) is 9.97 Å². The summed E-state index contributed by atoms with van der Waals surface area (Å²) in [4.78, 5) is 24.6. The highest BCUT2D eigenvalue weighted by atomic mass is 32.2. The van der Waals surface area contributed by atoms with E-state index in [1.54, 1.807) is 4.90 Å². The van der Waals surface area contributed by atoms with Crippen LogP contribution in [0.3, 0.4) is 0 Å². The summed E-state index contributed by atoms with van der Waals surface area (Å²) >= 11 is 0. The van der Waals surface area contributed by atoms with Gasteiger partial charge in [0.2, 0.25) is 5.95 Å². The fourth-order valence-corrected chi connectivity index (χ4v) is 4.84. The van der Waals surface area contributed by atoms with Crippen LogP contribution in [0.5, 0.6) is 0 Å². The fraction of sp³-hybridized carbons (Fsp3) is 0.667. The molecule has 9 heteroatoms. The predicted octanol–water partition coefficient (Wildman–Crippen LogP) is -0.0376. The molecule has 8 nitrogen and oxygen atoms in total. The van der Waals surface area contributed by atoms with Gasteiger partial charge in [0.05, 0.1) is 30.3 Å². The van der Waals surface area contributed by atoms with E-state index < -0.39 is 9.84 Å². The van der Waals surface area contributed by atoms with E-state index in [1.165, 1.54) is 12.4 Å². The molecule has 2 fully saturated rings. The number of nitrogens with zero attached hydrogens (tertiary/aromatic N) is 4. The van der Waals surface area contributed by atoms with Gasteiger partial charge in [-0.25, -0.2) is 18.4 Å². The van der Waals surface area contributed by atoms with Crippen molar-refractivity contribution < 1.29 is 17.9 Å². The van der Waals surface area contributed by atoms with Crippen LogP contribution in [0.15, 0.2) is 12.4 Å². The third kappa shape index (κ3) is 3.67. The average Bonchev–Trinajstić information content (AvgIpc) is 2.96. The van der Waals surface area contributed by atoms with E-state index in [9.17, 15) is 13.2 Å². The van der Waals surface area contributed by atoms with Gasteiger partial charge in [0.1, 0.15) is 0 Å². The van der Waals surface area contributed by atoms with Crippen LogP contribution in [0.25, 0.3) is 0 Å². The van der Waals surface area contributed by atoms with Gasteiger partial charge in [-0.2, -0.15) is 0 Å². The first-order valence-electron chi connectivity index (χ1n) is 8.16. The maximum Gasteiger partial charge on any atom is 0.257 e. The third-order valence-electron chi connectivity index (χ3n) is 4.43. The van der Waals surface area contributed by atoms with Crippen LogP contribution >= 0.6 is 0 Å². The monoisotopic (exact) mass is 354 g/mol. The predicted molar refractivity (Wildman–Crippen MR) is 88.8 cm³/mol. The number of rotatable bonds is 4. The van der Waals surface area contributed by atoms with Gasteiger partial charge < -0.3 is 14.5 Å². The van der Waals surface area contributed by atoms with E-state index in [0.29, 0.717) is 50.8 Å². The van der Waals surface area contributed by atoms with Gasteiger partial charge in [0.15, 0.2) is 9.84 Å². The largest absolute Gasteiger partial charge is 0.378 e. The van der Waals surface area contributed by atoms with Crippen molar-refractivity contribution in [2.24, 2.45) is 0 Å². The van der Waals surface area contributed by atoms with Crippen LogP contribution in [0.2, 0.25) is 0 Å². The lowest BCUT2D eigenvalue weighted by atomic mass is 10.2. The molecule has 1 unspecified atom stereocenters. The number of amides is 1. The molecule has 0 aromatic carbocycles. The summed E-state index contributed by atoms with van der Waals surface area (Å²) in [5.74, 6) is 0.718. The first kappa shape index (κ1) is 17.1. The number of ether oxygens (including phenoxy) is 1. The third-order valence-corrected chi connectivity index (χ3v) is 6.18. The smallest absolute Gasteiger partial charge is 0.257 e. The van der Waals surface area contributed by atoms with E-state index in [4.69, 9.17) is 4.74 Å². The lowest BCUT2D eigenvalue weighted by Gasteiger charge is -2.28. The minimum absolute atomic E-state index is 0.0965. The Kier molecular flexibility index (Phi) is 5.00. The fourth-order valence-electron chi connectivity index (χ4n) is 3.11. The highest BCUT2D eigenvalue weighted by molar-refractivity contribution is 7.91. The molecular formula is C15H22N4O4S. The maximum absolute atomic E-state index is 12.4. The Morgan fingerprint density at radius 1 is 1.33 bits per heavy atom. The van der Waals surface area contributed by atoms with Gasteiger partial charge in [0, 0.05) is 38.1 Å². The molecule has 0 spiro atoms. The topological polar surface area (TPSA) is 92.7 Å². The first-order chi connectivity index (χ1) is 11.5. The molecule has 0 N–H and O–H groups in total. The molecule has 0 aliphatic carbocycles. The number of aromatic nitrogens is 2.